The second-order valence-corrected chi connectivity index (χ2v) is 9.69. The Balaban J connectivity index is 1.54. The molecule has 4 rings (SSSR count). The SMILES string of the molecule is CCn1c(C2CCN(S(=O)(=O)c3cc(F)ccc3F)CC2)nn(Cc2ccccc2)c1=O. The molecule has 1 fully saturated rings. The number of sulfonamides is 1. The highest BCUT2D eigenvalue weighted by atomic mass is 32.2. The molecule has 1 aromatic heterocycles. The Morgan fingerprint density at radius 1 is 1.06 bits per heavy atom. The fourth-order valence-corrected chi connectivity index (χ4v) is 5.63. The van der Waals surface area contributed by atoms with Gasteiger partial charge in [0.25, 0.3) is 0 Å². The number of hydrogen-bond donors (Lipinski definition) is 0. The third kappa shape index (κ3) is 4.24. The minimum atomic E-state index is -4.16. The molecule has 0 spiro atoms. The molecule has 1 aliphatic rings. The van der Waals surface area contributed by atoms with Crippen molar-refractivity contribution in [2.45, 2.75) is 43.7 Å². The zero-order chi connectivity index (χ0) is 22.9. The first kappa shape index (κ1) is 22.3. The minimum absolute atomic E-state index is 0.108. The molecule has 2 aromatic carbocycles. The average Bonchev–Trinajstić information content (AvgIpc) is 3.11. The van der Waals surface area contributed by atoms with E-state index < -0.39 is 26.6 Å². The normalized spacial score (nSPS) is 15.8. The van der Waals surface area contributed by atoms with E-state index in [9.17, 15) is 22.0 Å². The molecule has 32 heavy (non-hydrogen) atoms. The third-order valence-corrected chi connectivity index (χ3v) is 7.69. The summed E-state index contributed by atoms with van der Waals surface area (Å²) < 4.78 is 57.5. The van der Waals surface area contributed by atoms with E-state index in [4.69, 9.17) is 0 Å². The number of hydrogen-bond acceptors (Lipinski definition) is 4. The van der Waals surface area contributed by atoms with Crippen molar-refractivity contribution in [3.63, 3.8) is 0 Å². The van der Waals surface area contributed by atoms with E-state index >= 15 is 0 Å². The molecule has 10 heteroatoms. The number of nitrogens with zero attached hydrogens (tertiary/aromatic N) is 4. The highest BCUT2D eigenvalue weighted by Crippen LogP contribution is 2.30. The van der Waals surface area contributed by atoms with Gasteiger partial charge >= 0.3 is 5.69 Å². The largest absolute Gasteiger partial charge is 0.346 e. The Hall–Kier alpha value is -2.85. The molecule has 2 heterocycles. The summed E-state index contributed by atoms with van der Waals surface area (Å²) >= 11 is 0. The topological polar surface area (TPSA) is 77.2 Å². The summed E-state index contributed by atoms with van der Waals surface area (Å²) in [6.45, 7) is 2.94. The Labute approximate surface area is 185 Å². The second-order valence-electron chi connectivity index (χ2n) is 7.78. The molecule has 0 bridgehead atoms. The number of benzene rings is 2. The van der Waals surface area contributed by atoms with Gasteiger partial charge in [0.2, 0.25) is 10.0 Å². The van der Waals surface area contributed by atoms with Crippen molar-refractivity contribution >= 4 is 10.0 Å². The maximum Gasteiger partial charge on any atom is 0.346 e. The first-order chi connectivity index (χ1) is 15.3. The first-order valence-electron chi connectivity index (χ1n) is 10.5. The van der Waals surface area contributed by atoms with Crippen LogP contribution in [0.4, 0.5) is 8.78 Å². The Kier molecular flexibility index (Phi) is 6.25. The van der Waals surface area contributed by atoms with Crippen LogP contribution in [0.2, 0.25) is 0 Å². The predicted molar refractivity (Wildman–Crippen MR) is 115 cm³/mol. The van der Waals surface area contributed by atoms with Crippen molar-refractivity contribution in [1.29, 1.82) is 0 Å². The van der Waals surface area contributed by atoms with E-state index in [1.165, 1.54) is 4.68 Å². The first-order valence-corrected chi connectivity index (χ1v) is 11.9. The van der Waals surface area contributed by atoms with E-state index in [-0.39, 0.29) is 24.7 Å². The lowest BCUT2D eigenvalue weighted by Crippen LogP contribution is -2.39. The number of piperidine rings is 1. The summed E-state index contributed by atoms with van der Waals surface area (Å²) in [7, 11) is -4.16. The van der Waals surface area contributed by atoms with Crippen LogP contribution in [-0.4, -0.2) is 40.2 Å². The van der Waals surface area contributed by atoms with Crippen molar-refractivity contribution in [3.05, 3.63) is 82.0 Å². The molecule has 1 aliphatic heterocycles. The Bertz CT molecular complexity index is 1260. The fraction of sp³-hybridized carbons (Fsp3) is 0.364. The standard InChI is InChI=1S/C22H24F2N4O3S/c1-2-27-21(25-28(22(27)29)15-16-6-4-3-5-7-16)17-10-12-26(13-11-17)32(30,31)20-14-18(23)8-9-19(20)24/h3-9,14,17H,2,10-13,15H2,1H3. The van der Waals surface area contributed by atoms with Crippen LogP contribution in [-0.2, 0) is 23.1 Å². The van der Waals surface area contributed by atoms with Crippen LogP contribution in [0.25, 0.3) is 0 Å². The summed E-state index contributed by atoms with van der Waals surface area (Å²) in [6, 6.07) is 11.9. The molecule has 0 saturated carbocycles. The molecule has 7 nitrogen and oxygen atoms in total. The van der Waals surface area contributed by atoms with Crippen LogP contribution in [0.5, 0.6) is 0 Å². The molecule has 0 aliphatic carbocycles. The molecule has 1 saturated heterocycles. The van der Waals surface area contributed by atoms with E-state index in [0.29, 0.717) is 37.8 Å². The van der Waals surface area contributed by atoms with Crippen molar-refractivity contribution < 1.29 is 17.2 Å². The Morgan fingerprint density at radius 2 is 1.75 bits per heavy atom. The maximum atomic E-state index is 14.1. The molecule has 0 unspecified atom stereocenters. The zero-order valence-electron chi connectivity index (χ0n) is 17.6. The van der Waals surface area contributed by atoms with Gasteiger partial charge in [-0.3, -0.25) is 4.57 Å². The Morgan fingerprint density at radius 3 is 2.41 bits per heavy atom. The number of rotatable bonds is 6. The highest BCUT2D eigenvalue weighted by molar-refractivity contribution is 7.89. The molecule has 0 atom stereocenters. The molecule has 0 amide bonds. The lowest BCUT2D eigenvalue weighted by Gasteiger charge is -2.30. The van der Waals surface area contributed by atoms with E-state index in [1.807, 2.05) is 37.3 Å². The van der Waals surface area contributed by atoms with Crippen molar-refractivity contribution in [3.8, 4) is 0 Å². The van der Waals surface area contributed by atoms with Gasteiger partial charge in [-0.2, -0.15) is 9.40 Å². The molecular weight excluding hydrogens is 438 g/mol. The molecule has 0 N–H and O–H groups in total. The van der Waals surface area contributed by atoms with Crippen LogP contribution in [0, 0.1) is 11.6 Å². The summed E-state index contributed by atoms with van der Waals surface area (Å²) in [6.07, 6.45) is 0.857. The summed E-state index contributed by atoms with van der Waals surface area (Å²) in [4.78, 5) is 12.2. The van der Waals surface area contributed by atoms with Crippen LogP contribution in [0.15, 0.2) is 58.2 Å². The van der Waals surface area contributed by atoms with E-state index in [2.05, 4.69) is 5.10 Å². The minimum Gasteiger partial charge on any atom is -0.279 e. The number of halogens is 2. The summed E-state index contributed by atoms with van der Waals surface area (Å²) in [5.41, 5.74) is 0.753. The molecule has 3 aromatic rings. The fourth-order valence-electron chi connectivity index (χ4n) is 4.08. The zero-order valence-corrected chi connectivity index (χ0v) is 18.4. The quantitative estimate of drug-likeness (QED) is 0.564. The van der Waals surface area contributed by atoms with Gasteiger partial charge in [-0.25, -0.2) is 26.7 Å². The van der Waals surface area contributed by atoms with Crippen LogP contribution in [0.1, 0.15) is 37.1 Å². The monoisotopic (exact) mass is 462 g/mol. The van der Waals surface area contributed by atoms with Crippen LogP contribution >= 0.6 is 0 Å². The van der Waals surface area contributed by atoms with Gasteiger partial charge in [-0.1, -0.05) is 30.3 Å². The summed E-state index contributed by atoms with van der Waals surface area (Å²) in [5.74, 6) is -1.27. The van der Waals surface area contributed by atoms with Gasteiger partial charge in [0.05, 0.1) is 6.54 Å². The van der Waals surface area contributed by atoms with Gasteiger partial charge in [0, 0.05) is 25.6 Å². The van der Waals surface area contributed by atoms with Crippen molar-refractivity contribution in [2.75, 3.05) is 13.1 Å². The van der Waals surface area contributed by atoms with Crippen molar-refractivity contribution in [1.82, 2.24) is 18.7 Å². The van der Waals surface area contributed by atoms with E-state index in [1.54, 1.807) is 4.57 Å². The lowest BCUT2D eigenvalue weighted by atomic mass is 9.97. The van der Waals surface area contributed by atoms with Crippen molar-refractivity contribution in [2.24, 2.45) is 0 Å². The number of aromatic nitrogens is 3. The van der Waals surface area contributed by atoms with Gasteiger partial charge in [0.15, 0.2) is 0 Å². The lowest BCUT2D eigenvalue weighted by molar-refractivity contribution is 0.307. The molecule has 170 valence electrons. The molecule has 0 radical (unpaired) electrons. The van der Waals surface area contributed by atoms with Gasteiger partial charge < -0.3 is 0 Å². The van der Waals surface area contributed by atoms with Gasteiger partial charge in [-0.05, 0) is 43.5 Å². The summed E-state index contributed by atoms with van der Waals surface area (Å²) in [5, 5.41) is 4.56. The maximum absolute atomic E-state index is 14.1. The smallest absolute Gasteiger partial charge is 0.279 e. The molecular formula is C22H24F2N4O3S. The average molecular weight is 463 g/mol. The van der Waals surface area contributed by atoms with E-state index in [0.717, 1.165) is 22.0 Å². The van der Waals surface area contributed by atoms with Gasteiger partial charge in [0.1, 0.15) is 22.4 Å². The third-order valence-electron chi connectivity index (χ3n) is 5.77. The van der Waals surface area contributed by atoms with Crippen LogP contribution in [0.3, 0.4) is 0 Å². The highest BCUT2D eigenvalue weighted by Gasteiger charge is 2.34. The van der Waals surface area contributed by atoms with Crippen LogP contribution < -0.4 is 5.69 Å². The second kappa shape index (κ2) is 8.95. The van der Waals surface area contributed by atoms with Gasteiger partial charge in [-0.15, -0.1) is 0 Å². The predicted octanol–water partition coefficient (Wildman–Crippen LogP) is 2.96.